The first-order valence-electron chi connectivity index (χ1n) is 4.58. The van der Waals surface area contributed by atoms with Crippen molar-refractivity contribution in [2.45, 2.75) is 19.5 Å². The zero-order chi connectivity index (χ0) is 10.1. The third kappa shape index (κ3) is 1.29. The first-order chi connectivity index (χ1) is 6.74. The van der Waals surface area contributed by atoms with Gasteiger partial charge in [-0.1, -0.05) is 0 Å². The van der Waals surface area contributed by atoms with Gasteiger partial charge in [-0.15, -0.1) is 0 Å². The average molecular weight is 195 g/mol. The SMILES string of the molecule is COC(=O)c1ncn2c1CNC[C@@H]2C. The maximum absolute atomic E-state index is 11.3. The minimum atomic E-state index is -0.366. The van der Waals surface area contributed by atoms with E-state index in [2.05, 4.69) is 22.0 Å². The van der Waals surface area contributed by atoms with Gasteiger partial charge in [-0.05, 0) is 6.92 Å². The summed E-state index contributed by atoms with van der Waals surface area (Å²) >= 11 is 0. The van der Waals surface area contributed by atoms with Crippen LogP contribution in [-0.2, 0) is 11.3 Å². The molecule has 5 nitrogen and oxygen atoms in total. The Balaban J connectivity index is 2.40. The zero-order valence-corrected chi connectivity index (χ0v) is 8.28. The highest BCUT2D eigenvalue weighted by atomic mass is 16.5. The molecule has 0 bridgehead atoms. The predicted octanol–water partition coefficient (Wildman–Crippen LogP) is 0.334. The number of methoxy groups -OCH3 is 1. The van der Waals surface area contributed by atoms with E-state index in [0.717, 1.165) is 12.2 Å². The van der Waals surface area contributed by atoms with E-state index >= 15 is 0 Å². The first kappa shape index (κ1) is 9.21. The van der Waals surface area contributed by atoms with Crippen molar-refractivity contribution in [1.29, 1.82) is 0 Å². The van der Waals surface area contributed by atoms with Crippen molar-refractivity contribution in [3.8, 4) is 0 Å². The van der Waals surface area contributed by atoms with Crippen molar-refractivity contribution in [3.63, 3.8) is 0 Å². The Bertz CT molecular complexity index is 359. The van der Waals surface area contributed by atoms with Crippen LogP contribution in [0.15, 0.2) is 6.33 Å². The second-order valence-electron chi connectivity index (χ2n) is 3.42. The smallest absolute Gasteiger partial charge is 0.358 e. The summed E-state index contributed by atoms with van der Waals surface area (Å²) in [6, 6.07) is 0.338. The van der Waals surface area contributed by atoms with E-state index in [9.17, 15) is 4.79 Å². The first-order valence-corrected chi connectivity index (χ1v) is 4.58. The summed E-state index contributed by atoms with van der Waals surface area (Å²) in [6.07, 6.45) is 1.70. The van der Waals surface area contributed by atoms with Gasteiger partial charge in [0, 0.05) is 19.1 Å². The largest absolute Gasteiger partial charge is 0.464 e. The van der Waals surface area contributed by atoms with Gasteiger partial charge in [-0.25, -0.2) is 9.78 Å². The lowest BCUT2D eigenvalue weighted by atomic mass is 10.2. The molecular formula is C9H13N3O2. The van der Waals surface area contributed by atoms with Gasteiger partial charge in [0.1, 0.15) is 0 Å². The predicted molar refractivity (Wildman–Crippen MR) is 50.0 cm³/mol. The highest BCUT2D eigenvalue weighted by Crippen LogP contribution is 2.18. The molecule has 0 saturated heterocycles. The number of esters is 1. The van der Waals surface area contributed by atoms with Gasteiger partial charge >= 0.3 is 5.97 Å². The van der Waals surface area contributed by atoms with Crippen LogP contribution in [0.2, 0.25) is 0 Å². The molecule has 1 atom stereocenters. The van der Waals surface area contributed by atoms with Gasteiger partial charge in [0.05, 0.1) is 19.1 Å². The van der Waals surface area contributed by atoms with Crippen LogP contribution < -0.4 is 5.32 Å². The van der Waals surface area contributed by atoms with Crippen LogP contribution in [0.5, 0.6) is 0 Å². The number of hydrogen-bond donors (Lipinski definition) is 1. The number of ether oxygens (including phenoxy) is 1. The van der Waals surface area contributed by atoms with E-state index in [-0.39, 0.29) is 5.97 Å². The molecule has 0 spiro atoms. The van der Waals surface area contributed by atoms with Crippen LogP contribution in [0, 0.1) is 0 Å². The second-order valence-corrected chi connectivity index (χ2v) is 3.42. The molecule has 0 fully saturated rings. The van der Waals surface area contributed by atoms with E-state index < -0.39 is 0 Å². The summed E-state index contributed by atoms with van der Waals surface area (Å²) in [4.78, 5) is 15.4. The van der Waals surface area contributed by atoms with E-state index in [0.29, 0.717) is 18.3 Å². The highest BCUT2D eigenvalue weighted by molar-refractivity contribution is 5.88. The molecule has 0 amide bonds. The summed E-state index contributed by atoms with van der Waals surface area (Å²) in [7, 11) is 1.37. The minimum Gasteiger partial charge on any atom is -0.464 e. The van der Waals surface area contributed by atoms with Crippen LogP contribution in [0.25, 0.3) is 0 Å². The Hall–Kier alpha value is -1.36. The quantitative estimate of drug-likeness (QED) is 0.656. The van der Waals surface area contributed by atoms with Crippen LogP contribution in [-0.4, -0.2) is 29.2 Å². The molecule has 76 valence electrons. The Morgan fingerprint density at radius 3 is 3.29 bits per heavy atom. The molecule has 2 rings (SSSR count). The molecule has 14 heavy (non-hydrogen) atoms. The molecule has 0 unspecified atom stereocenters. The third-order valence-electron chi connectivity index (χ3n) is 2.48. The Morgan fingerprint density at radius 2 is 2.57 bits per heavy atom. The molecule has 1 aromatic rings. The number of hydrogen-bond acceptors (Lipinski definition) is 4. The summed E-state index contributed by atoms with van der Waals surface area (Å²) in [5, 5.41) is 3.23. The van der Waals surface area contributed by atoms with E-state index in [1.54, 1.807) is 6.33 Å². The summed E-state index contributed by atoms with van der Waals surface area (Å²) in [5.74, 6) is -0.366. The van der Waals surface area contributed by atoms with Crippen molar-refractivity contribution in [3.05, 3.63) is 17.7 Å². The molecule has 1 N–H and O–H groups in total. The van der Waals surface area contributed by atoms with Crippen molar-refractivity contribution >= 4 is 5.97 Å². The third-order valence-corrected chi connectivity index (χ3v) is 2.48. The van der Waals surface area contributed by atoms with Crippen molar-refractivity contribution in [1.82, 2.24) is 14.9 Å². The van der Waals surface area contributed by atoms with E-state index in [1.165, 1.54) is 7.11 Å². The molecule has 1 aliphatic heterocycles. The van der Waals surface area contributed by atoms with Gasteiger partial charge in [0.2, 0.25) is 0 Å². The normalized spacial score (nSPS) is 20.3. The standard InChI is InChI=1S/C9H13N3O2/c1-6-3-10-4-7-8(9(13)14-2)11-5-12(6)7/h5-6,10H,3-4H2,1-2H3/t6-/m0/s1. The summed E-state index contributed by atoms with van der Waals surface area (Å²) < 4.78 is 6.67. The highest BCUT2D eigenvalue weighted by Gasteiger charge is 2.23. The lowest BCUT2D eigenvalue weighted by molar-refractivity contribution is 0.0592. The van der Waals surface area contributed by atoms with Gasteiger partial charge in [0.25, 0.3) is 0 Å². The number of carbonyl (C=O) groups excluding carboxylic acids is 1. The molecule has 0 radical (unpaired) electrons. The molecule has 0 aromatic carbocycles. The lowest BCUT2D eigenvalue weighted by Gasteiger charge is -2.23. The summed E-state index contributed by atoms with van der Waals surface area (Å²) in [5.41, 5.74) is 1.34. The number of imidazole rings is 1. The fraction of sp³-hybridized carbons (Fsp3) is 0.556. The zero-order valence-electron chi connectivity index (χ0n) is 8.28. The molecular weight excluding hydrogens is 182 g/mol. The number of carbonyl (C=O) groups is 1. The van der Waals surface area contributed by atoms with Gasteiger partial charge in [-0.3, -0.25) is 0 Å². The van der Waals surface area contributed by atoms with Crippen molar-refractivity contribution < 1.29 is 9.53 Å². The lowest BCUT2D eigenvalue weighted by Crippen LogP contribution is -2.31. The topological polar surface area (TPSA) is 56.1 Å². The minimum absolute atomic E-state index is 0.338. The maximum atomic E-state index is 11.3. The monoisotopic (exact) mass is 195 g/mol. The fourth-order valence-electron chi connectivity index (χ4n) is 1.71. The van der Waals surface area contributed by atoms with Gasteiger partial charge in [-0.2, -0.15) is 0 Å². The summed E-state index contributed by atoms with van der Waals surface area (Å²) in [6.45, 7) is 3.66. The van der Waals surface area contributed by atoms with Crippen LogP contribution in [0.1, 0.15) is 29.1 Å². The van der Waals surface area contributed by atoms with Gasteiger partial charge in [0.15, 0.2) is 5.69 Å². The molecule has 5 heteroatoms. The Morgan fingerprint density at radius 1 is 1.79 bits per heavy atom. The number of fused-ring (bicyclic) bond motifs is 1. The van der Waals surface area contributed by atoms with E-state index in [1.807, 2.05) is 4.57 Å². The number of nitrogens with one attached hydrogen (secondary N) is 1. The molecule has 1 aromatic heterocycles. The van der Waals surface area contributed by atoms with E-state index in [4.69, 9.17) is 0 Å². The number of rotatable bonds is 1. The molecule has 1 aliphatic rings. The average Bonchev–Trinajstić information content (AvgIpc) is 2.62. The van der Waals surface area contributed by atoms with Gasteiger partial charge < -0.3 is 14.6 Å². The molecule has 0 saturated carbocycles. The number of aromatic nitrogens is 2. The van der Waals surface area contributed by atoms with Crippen LogP contribution in [0.3, 0.4) is 0 Å². The molecule has 0 aliphatic carbocycles. The maximum Gasteiger partial charge on any atom is 0.358 e. The fourth-order valence-corrected chi connectivity index (χ4v) is 1.71. The van der Waals surface area contributed by atoms with Crippen LogP contribution in [0.4, 0.5) is 0 Å². The second kappa shape index (κ2) is 3.42. The van der Waals surface area contributed by atoms with Crippen molar-refractivity contribution in [2.24, 2.45) is 0 Å². The Labute approximate surface area is 82.1 Å². The Kier molecular flexibility index (Phi) is 2.25. The van der Waals surface area contributed by atoms with Crippen LogP contribution >= 0.6 is 0 Å². The molecule has 2 heterocycles. The number of nitrogens with zero attached hydrogens (tertiary/aromatic N) is 2. The van der Waals surface area contributed by atoms with Crippen molar-refractivity contribution in [2.75, 3.05) is 13.7 Å².